The van der Waals surface area contributed by atoms with Gasteiger partial charge >= 0.3 is 0 Å². The lowest BCUT2D eigenvalue weighted by Crippen LogP contribution is -2.02. The Morgan fingerprint density at radius 1 is 1.47 bits per heavy atom. The maximum atomic E-state index is 11.9. The van der Waals surface area contributed by atoms with E-state index in [9.17, 15) is 4.79 Å². The molecule has 3 heteroatoms. The molecule has 1 aliphatic heterocycles. The second-order valence-corrected chi connectivity index (χ2v) is 3.58. The SMILES string of the molecule is Cc1ccc2c(c1)C(=O)/C(=C\O)CCO2. The molecule has 0 spiro atoms. The quantitative estimate of drug-likeness (QED) is 0.521. The average Bonchev–Trinajstić information content (AvgIpc) is 2.39. The van der Waals surface area contributed by atoms with E-state index in [1.807, 2.05) is 13.0 Å². The van der Waals surface area contributed by atoms with Gasteiger partial charge in [-0.1, -0.05) is 11.6 Å². The number of ketones is 1. The minimum Gasteiger partial charge on any atom is -0.515 e. The van der Waals surface area contributed by atoms with E-state index in [0.717, 1.165) is 11.8 Å². The molecule has 1 N–H and O–H groups in total. The van der Waals surface area contributed by atoms with Gasteiger partial charge in [0.25, 0.3) is 0 Å². The first-order valence-corrected chi connectivity index (χ1v) is 4.84. The van der Waals surface area contributed by atoms with Crippen LogP contribution in [0.25, 0.3) is 0 Å². The summed E-state index contributed by atoms with van der Waals surface area (Å²) in [7, 11) is 0. The molecule has 15 heavy (non-hydrogen) atoms. The van der Waals surface area contributed by atoms with Crippen LogP contribution in [0.4, 0.5) is 0 Å². The zero-order valence-electron chi connectivity index (χ0n) is 8.49. The van der Waals surface area contributed by atoms with Crippen LogP contribution in [0.1, 0.15) is 22.3 Å². The van der Waals surface area contributed by atoms with Gasteiger partial charge in [0.15, 0.2) is 5.78 Å². The number of carbonyl (C=O) groups is 1. The van der Waals surface area contributed by atoms with Crippen LogP contribution in [-0.4, -0.2) is 17.5 Å². The van der Waals surface area contributed by atoms with E-state index in [-0.39, 0.29) is 5.78 Å². The standard InChI is InChI=1S/C12H12O3/c1-8-2-3-11-10(6-8)12(14)9(7-13)4-5-15-11/h2-3,6-7,13H,4-5H2,1H3/b9-7-. The van der Waals surface area contributed by atoms with Gasteiger partial charge < -0.3 is 9.84 Å². The van der Waals surface area contributed by atoms with Crippen LogP contribution in [0.5, 0.6) is 5.75 Å². The van der Waals surface area contributed by atoms with Crippen molar-refractivity contribution < 1.29 is 14.6 Å². The highest BCUT2D eigenvalue weighted by molar-refractivity contribution is 6.10. The van der Waals surface area contributed by atoms with Crippen LogP contribution in [0.2, 0.25) is 0 Å². The van der Waals surface area contributed by atoms with Crippen LogP contribution in [0.15, 0.2) is 30.0 Å². The Balaban J connectivity index is 2.54. The Bertz CT molecular complexity index is 432. The second kappa shape index (κ2) is 3.77. The molecule has 1 heterocycles. The Morgan fingerprint density at radius 2 is 2.27 bits per heavy atom. The van der Waals surface area contributed by atoms with Gasteiger partial charge in [-0.3, -0.25) is 4.79 Å². The molecule has 3 nitrogen and oxygen atoms in total. The van der Waals surface area contributed by atoms with Crippen molar-refractivity contribution in [2.24, 2.45) is 0 Å². The normalized spacial score (nSPS) is 18.2. The fraction of sp³-hybridized carbons (Fsp3) is 0.250. The van der Waals surface area contributed by atoms with Gasteiger partial charge in [0.2, 0.25) is 0 Å². The maximum Gasteiger partial charge on any atom is 0.195 e. The van der Waals surface area contributed by atoms with Crippen LogP contribution in [0, 0.1) is 6.92 Å². The zero-order chi connectivity index (χ0) is 10.8. The molecule has 0 saturated carbocycles. The molecule has 0 atom stereocenters. The third kappa shape index (κ3) is 1.73. The summed E-state index contributed by atoms with van der Waals surface area (Å²) in [6.45, 7) is 2.34. The highest BCUT2D eigenvalue weighted by Gasteiger charge is 2.21. The second-order valence-electron chi connectivity index (χ2n) is 3.58. The summed E-state index contributed by atoms with van der Waals surface area (Å²) in [5, 5.41) is 8.94. The van der Waals surface area contributed by atoms with Crippen LogP contribution in [-0.2, 0) is 0 Å². The third-order valence-electron chi connectivity index (χ3n) is 2.46. The number of aliphatic hydroxyl groups excluding tert-OH is 1. The number of aryl methyl sites for hydroxylation is 1. The fourth-order valence-corrected chi connectivity index (χ4v) is 1.63. The minimum absolute atomic E-state index is 0.145. The number of ether oxygens (including phenoxy) is 1. The van der Waals surface area contributed by atoms with E-state index >= 15 is 0 Å². The summed E-state index contributed by atoms with van der Waals surface area (Å²) < 4.78 is 5.43. The number of rotatable bonds is 0. The summed E-state index contributed by atoms with van der Waals surface area (Å²) in [5.74, 6) is 0.455. The number of hydrogen-bond donors (Lipinski definition) is 1. The molecule has 0 fully saturated rings. The molecule has 0 amide bonds. The first-order valence-electron chi connectivity index (χ1n) is 4.84. The molecule has 0 saturated heterocycles. The summed E-state index contributed by atoms with van der Waals surface area (Å²) in [4.78, 5) is 11.9. The molecular weight excluding hydrogens is 192 g/mol. The Hall–Kier alpha value is -1.77. The van der Waals surface area contributed by atoms with Crippen molar-refractivity contribution in [1.82, 2.24) is 0 Å². The van der Waals surface area contributed by atoms with E-state index < -0.39 is 0 Å². The van der Waals surface area contributed by atoms with Crippen molar-refractivity contribution in [2.45, 2.75) is 13.3 Å². The lowest BCUT2D eigenvalue weighted by Gasteiger charge is -2.05. The molecule has 0 bridgehead atoms. The number of benzene rings is 1. The Kier molecular flexibility index (Phi) is 2.46. The maximum absolute atomic E-state index is 11.9. The smallest absolute Gasteiger partial charge is 0.195 e. The van der Waals surface area contributed by atoms with E-state index in [2.05, 4.69) is 0 Å². The number of carbonyl (C=O) groups excluding carboxylic acids is 1. The lowest BCUT2D eigenvalue weighted by molar-refractivity contribution is 0.103. The van der Waals surface area contributed by atoms with E-state index in [4.69, 9.17) is 9.84 Å². The Morgan fingerprint density at radius 3 is 3.00 bits per heavy atom. The van der Waals surface area contributed by atoms with Crippen LogP contribution in [0.3, 0.4) is 0 Å². The summed E-state index contributed by atoms with van der Waals surface area (Å²) >= 11 is 0. The molecular formula is C12H12O3. The zero-order valence-corrected chi connectivity index (χ0v) is 8.49. The largest absolute Gasteiger partial charge is 0.515 e. The summed E-state index contributed by atoms with van der Waals surface area (Å²) in [6, 6.07) is 5.48. The van der Waals surface area contributed by atoms with E-state index in [1.54, 1.807) is 12.1 Å². The van der Waals surface area contributed by atoms with Crippen LogP contribution >= 0.6 is 0 Å². The molecule has 1 aromatic rings. The summed E-state index contributed by atoms with van der Waals surface area (Å²) in [5.41, 5.74) is 1.94. The lowest BCUT2D eigenvalue weighted by atomic mass is 10.0. The van der Waals surface area contributed by atoms with Gasteiger partial charge in [-0.05, 0) is 19.1 Å². The highest BCUT2D eigenvalue weighted by atomic mass is 16.5. The molecule has 0 radical (unpaired) electrons. The molecule has 0 unspecified atom stereocenters. The summed E-state index contributed by atoms with van der Waals surface area (Å²) in [6.07, 6.45) is 1.33. The van der Waals surface area contributed by atoms with Gasteiger partial charge in [0, 0.05) is 12.0 Å². The predicted octanol–water partition coefficient (Wildman–Crippen LogP) is 2.40. The first-order chi connectivity index (χ1) is 7.22. The van der Waals surface area contributed by atoms with Gasteiger partial charge in [-0.2, -0.15) is 0 Å². The van der Waals surface area contributed by atoms with Crippen molar-refractivity contribution in [3.05, 3.63) is 41.2 Å². The van der Waals surface area contributed by atoms with E-state index in [1.165, 1.54) is 0 Å². The van der Waals surface area contributed by atoms with Gasteiger partial charge in [0.05, 0.1) is 18.4 Å². The predicted molar refractivity (Wildman–Crippen MR) is 56.3 cm³/mol. The van der Waals surface area contributed by atoms with Crippen molar-refractivity contribution in [3.63, 3.8) is 0 Å². The molecule has 1 aromatic carbocycles. The van der Waals surface area contributed by atoms with Crippen LogP contribution < -0.4 is 4.74 Å². The van der Waals surface area contributed by atoms with Crippen molar-refractivity contribution in [3.8, 4) is 5.75 Å². The minimum atomic E-state index is -0.145. The number of Topliss-reactive ketones (excluding diaryl/α,β-unsaturated/α-hetero) is 1. The third-order valence-corrected chi connectivity index (χ3v) is 2.46. The van der Waals surface area contributed by atoms with Gasteiger partial charge in [0.1, 0.15) is 5.75 Å². The highest BCUT2D eigenvalue weighted by Crippen LogP contribution is 2.27. The number of hydrogen-bond acceptors (Lipinski definition) is 3. The van der Waals surface area contributed by atoms with Crippen molar-refractivity contribution in [1.29, 1.82) is 0 Å². The average molecular weight is 204 g/mol. The number of aliphatic hydroxyl groups is 1. The fourth-order valence-electron chi connectivity index (χ4n) is 1.63. The molecule has 0 aromatic heterocycles. The number of fused-ring (bicyclic) bond motifs is 1. The molecule has 2 rings (SSSR count). The topological polar surface area (TPSA) is 46.5 Å². The monoisotopic (exact) mass is 204 g/mol. The molecule has 0 aliphatic carbocycles. The van der Waals surface area contributed by atoms with Crippen molar-refractivity contribution in [2.75, 3.05) is 6.61 Å². The Labute approximate surface area is 88.0 Å². The molecule has 78 valence electrons. The van der Waals surface area contributed by atoms with Crippen molar-refractivity contribution >= 4 is 5.78 Å². The molecule has 1 aliphatic rings. The van der Waals surface area contributed by atoms with E-state index in [0.29, 0.717) is 29.9 Å². The van der Waals surface area contributed by atoms with Gasteiger partial charge in [-0.15, -0.1) is 0 Å². The first kappa shape index (κ1) is 9.77. The van der Waals surface area contributed by atoms with Gasteiger partial charge in [-0.25, -0.2) is 0 Å².